The van der Waals surface area contributed by atoms with Crippen molar-refractivity contribution in [2.75, 3.05) is 37.7 Å². The fourth-order valence-electron chi connectivity index (χ4n) is 9.01. The summed E-state index contributed by atoms with van der Waals surface area (Å²) in [5.74, 6) is -0.631. The predicted molar refractivity (Wildman–Crippen MR) is 234 cm³/mol. The van der Waals surface area contributed by atoms with E-state index in [0.717, 1.165) is 92.6 Å². The molecule has 1 aliphatic heterocycles. The number of carbonyl (C=O) groups excluding carboxylic acids is 4. The summed E-state index contributed by atoms with van der Waals surface area (Å²) < 4.78 is 10.9. The van der Waals surface area contributed by atoms with E-state index in [0.29, 0.717) is 42.6 Å². The number of alkyl carbamates (subject to hydrolysis) is 1. The molecule has 0 spiro atoms. The topological polar surface area (TPSA) is 211 Å². The van der Waals surface area contributed by atoms with Gasteiger partial charge in [-0.15, -0.1) is 5.10 Å². The van der Waals surface area contributed by atoms with Gasteiger partial charge in [-0.1, -0.05) is 24.3 Å². The zero-order valence-electron chi connectivity index (χ0n) is 36.3. The summed E-state index contributed by atoms with van der Waals surface area (Å²) >= 11 is 0. The van der Waals surface area contributed by atoms with Crippen molar-refractivity contribution in [2.45, 2.75) is 109 Å². The molecule has 3 heterocycles. The van der Waals surface area contributed by atoms with Crippen molar-refractivity contribution in [3.8, 4) is 22.5 Å². The minimum Gasteiger partial charge on any atom is -0.444 e. The van der Waals surface area contributed by atoms with Crippen LogP contribution in [-0.4, -0.2) is 111 Å². The van der Waals surface area contributed by atoms with Gasteiger partial charge in [-0.3, -0.25) is 29.2 Å². The molecule has 2 aromatic heterocycles. The highest BCUT2D eigenvalue weighted by molar-refractivity contribution is 6.02. The van der Waals surface area contributed by atoms with E-state index in [1.165, 1.54) is 0 Å². The third-order valence-corrected chi connectivity index (χ3v) is 12.4. The van der Waals surface area contributed by atoms with Gasteiger partial charge in [-0.25, -0.2) is 9.89 Å². The molecule has 2 aromatic carbocycles. The lowest BCUT2D eigenvalue weighted by molar-refractivity contribution is -0.127. The number of aryl methyl sites for hydroxylation is 1. The zero-order chi connectivity index (χ0) is 43.8. The molecule has 0 unspecified atom stereocenters. The second-order valence-corrected chi connectivity index (χ2v) is 17.9. The van der Waals surface area contributed by atoms with E-state index in [2.05, 4.69) is 41.1 Å². The highest BCUT2D eigenvalue weighted by Gasteiger charge is 2.36. The van der Waals surface area contributed by atoms with E-state index in [1.54, 1.807) is 35.4 Å². The van der Waals surface area contributed by atoms with Gasteiger partial charge in [0.05, 0.1) is 13.2 Å². The molecule has 62 heavy (non-hydrogen) atoms. The molecule has 3 fully saturated rings. The van der Waals surface area contributed by atoms with E-state index >= 15 is 0 Å². The maximum Gasteiger partial charge on any atom is 0.407 e. The number of rotatable bonds is 13. The van der Waals surface area contributed by atoms with Gasteiger partial charge in [0.2, 0.25) is 11.8 Å². The second-order valence-electron chi connectivity index (χ2n) is 17.9. The number of H-pyrrole nitrogens is 1. The first-order valence-electron chi connectivity index (χ1n) is 21.9. The van der Waals surface area contributed by atoms with Crippen LogP contribution in [0.25, 0.3) is 22.5 Å². The Hall–Kier alpha value is -5.74. The molecule has 1 saturated heterocycles. The number of nitrogens with one attached hydrogen (secondary N) is 3. The number of carbonyl (C=O) groups is 4. The standard InChI is InChI=1S/C46H60N10O6/c1-29-25-39(43(58)50-35-15-19-36(20-16-35)55-21-23-61-24-22-55)48-28-38(29)32-9-5-30(6-10-32)26-40(41(47)57)56(37-17-13-33(14-18-37)42-51-53-54-52-42)44(59)34-11-7-31(8-12-34)27-49-45(60)62-46(2,3)4/h5-6,9-10,13-14,17-18,25,28,31,34-36,40H,7-8,11-12,15-16,19-24,26-27H2,1-4H3,(H2,47,57)(H,49,60)(H,50,58)(H,51,52,53,54)/t31-,34-,35-,36-,40-/m0/s1. The Labute approximate surface area is 363 Å². The first-order valence-corrected chi connectivity index (χ1v) is 21.9. The fraction of sp³-hybridized carbons (Fsp3) is 0.522. The molecule has 0 radical (unpaired) electrons. The molecule has 2 aliphatic carbocycles. The minimum absolute atomic E-state index is 0.135. The van der Waals surface area contributed by atoms with Gasteiger partial charge >= 0.3 is 6.09 Å². The molecule has 3 aliphatic rings. The molecule has 16 nitrogen and oxygen atoms in total. The molecule has 5 N–H and O–H groups in total. The molecular formula is C46H60N10O6. The molecule has 4 amide bonds. The summed E-state index contributed by atoms with van der Waals surface area (Å²) in [4.78, 5) is 62.1. The zero-order valence-corrected chi connectivity index (χ0v) is 36.3. The number of hydrogen-bond donors (Lipinski definition) is 4. The maximum atomic E-state index is 14.6. The van der Waals surface area contributed by atoms with Crippen LogP contribution in [0, 0.1) is 18.8 Å². The third kappa shape index (κ3) is 11.4. The fourth-order valence-corrected chi connectivity index (χ4v) is 9.01. The lowest BCUT2D eigenvalue weighted by atomic mass is 9.81. The Bertz CT molecular complexity index is 2140. The summed E-state index contributed by atoms with van der Waals surface area (Å²) in [6, 6.07) is 16.5. The Morgan fingerprint density at radius 2 is 1.61 bits per heavy atom. The number of anilines is 1. The number of pyridine rings is 1. The quantitative estimate of drug-likeness (QED) is 0.134. The van der Waals surface area contributed by atoms with Gasteiger partial charge in [0, 0.05) is 67.1 Å². The Morgan fingerprint density at radius 1 is 0.935 bits per heavy atom. The van der Waals surface area contributed by atoms with Crippen molar-refractivity contribution >= 4 is 29.5 Å². The van der Waals surface area contributed by atoms with Crippen LogP contribution in [-0.2, 0) is 25.5 Å². The van der Waals surface area contributed by atoms with Gasteiger partial charge in [-0.05, 0) is 142 Å². The molecule has 2 saturated carbocycles. The summed E-state index contributed by atoms with van der Waals surface area (Å²) in [6.45, 7) is 11.4. The largest absolute Gasteiger partial charge is 0.444 e. The number of nitrogens with two attached hydrogens (primary N) is 1. The summed E-state index contributed by atoms with van der Waals surface area (Å²) in [5.41, 5.74) is 10.7. The van der Waals surface area contributed by atoms with Crippen LogP contribution in [0.5, 0.6) is 0 Å². The van der Waals surface area contributed by atoms with Crippen LogP contribution in [0.4, 0.5) is 10.5 Å². The van der Waals surface area contributed by atoms with E-state index in [1.807, 2.05) is 58.0 Å². The Morgan fingerprint density at radius 3 is 2.23 bits per heavy atom. The molecule has 4 aromatic rings. The monoisotopic (exact) mass is 848 g/mol. The number of nitrogens with zero attached hydrogens (tertiary/aromatic N) is 6. The highest BCUT2D eigenvalue weighted by Crippen LogP contribution is 2.34. The third-order valence-electron chi connectivity index (χ3n) is 12.4. The summed E-state index contributed by atoms with van der Waals surface area (Å²) in [7, 11) is 0. The van der Waals surface area contributed by atoms with E-state index in [9.17, 15) is 19.2 Å². The van der Waals surface area contributed by atoms with Crippen LogP contribution in [0.15, 0.2) is 60.8 Å². The predicted octanol–water partition coefficient (Wildman–Crippen LogP) is 5.37. The van der Waals surface area contributed by atoms with E-state index in [4.69, 9.17) is 15.2 Å². The first-order chi connectivity index (χ1) is 29.8. The molecule has 1 atom stereocenters. The van der Waals surface area contributed by atoms with E-state index < -0.39 is 23.6 Å². The minimum atomic E-state index is -0.978. The van der Waals surface area contributed by atoms with Gasteiger partial charge in [0.1, 0.15) is 17.3 Å². The van der Waals surface area contributed by atoms with Crippen LogP contribution in [0.1, 0.15) is 93.8 Å². The van der Waals surface area contributed by atoms with Crippen molar-refractivity contribution < 1.29 is 28.7 Å². The number of aromatic amines is 1. The van der Waals surface area contributed by atoms with Crippen molar-refractivity contribution in [2.24, 2.45) is 17.6 Å². The number of aromatic nitrogens is 5. The number of hydrogen-bond acceptors (Lipinski definition) is 11. The lowest BCUT2D eigenvalue weighted by Crippen LogP contribution is -2.52. The number of benzene rings is 2. The van der Waals surface area contributed by atoms with Crippen LogP contribution < -0.4 is 21.3 Å². The summed E-state index contributed by atoms with van der Waals surface area (Å²) in [6.07, 6.45) is 8.16. The van der Waals surface area contributed by atoms with Crippen molar-refractivity contribution in [3.05, 3.63) is 77.6 Å². The van der Waals surface area contributed by atoms with E-state index in [-0.39, 0.29) is 36.1 Å². The number of morpholine rings is 1. The van der Waals surface area contributed by atoms with Gasteiger partial charge in [0.15, 0.2) is 5.82 Å². The first kappa shape index (κ1) is 44.3. The SMILES string of the molecule is Cc1cc(C(=O)N[C@H]2CC[C@H](N3CCOCC3)CC2)ncc1-c1ccc(C[C@@H](C(N)=O)N(c2ccc(-c3nnn[nH]3)cc2)C(=O)[C@H]2CC[C@H](CNC(=O)OC(C)(C)C)CC2)cc1. The summed E-state index contributed by atoms with van der Waals surface area (Å²) in [5, 5.41) is 20.1. The Balaban J connectivity index is 1.01. The van der Waals surface area contributed by atoms with Crippen molar-refractivity contribution in [1.82, 2.24) is 41.1 Å². The van der Waals surface area contributed by atoms with Crippen molar-refractivity contribution in [1.29, 1.82) is 0 Å². The molecule has 7 rings (SSSR count). The molecule has 330 valence electrons. The smallest absolute Gasteiger partial charge is 0.407 e. The molecule has 16 heteroatoms. The highest BCUT2D eigenvalue weighted by atomic mass is 16.6. The van der Waals surface area contributed by atoms with Crippen LogP contribution in [0.3, 0.4) is 0 Å². The number of ether oxygens (including phenoxy) is 2. The number of amides is 4. The normalized spacial score (nSPS) is 21.4. The maximum absolute atomic E-state index is 14.6. The number of primary amides is 1. The van der Waals surface area contributed by atoms with Gasteiger partial charge in [0.25, 0.3) is 5.91 Å². The average molecular weight is 849 g/mol. The molecular weight excluding hydrogens is 789 g/mol. The average Bonchev–Trinajstić information content (AvgIpc) is 3.82. The second kappa shape index (κ2) is 20.0. The van der Waals surface area contributed by atoms with Gasteiger partial charge < -0.3 is 25.8 Å². The van der Waals surface area contributed by atoms with Gasteiger partial charge in [-0.2, -0.15) is 0 Å². The Kier molecular flexibility index (Phi) is 14.3. The lowest BCUT2D eigenvalue weighted by Gasteiger charge is -2.38. The van der Waals surface area contributed by atoms with Crippen molar-refractivity contribution in [3.63, 3.8) is 0 Å². The molecule has 0 bridgehead atoms. The van der Waals surface area contributed by atoms with Crippen LogP contribution in [0.2, 0.25) is 0 Å². The van der Waals surface area contributed by atoms with Crippen LogP contribution >= 0.6 is 0 Å². The number of tetrazole rings is 1.